The van der Waals surface area contributed by atoms with Gasteiger partial charge in [-0.3, -0.25) is 4.79 Å². The second-order valence-electron chi connectivity index (χ2n) is 8.98. The fourth-order valence-electron chi connectivity index (χ4n) is 4.19. The molecule has 4 rings (SSSR count). The average molecular weight is 545 g/mol. The van der Waals surface area contributed by atoms with Crippen LogP contribution >= 0.6 is 0 Å². The number of anilines is 1. The molecule has 0 aliphatic carbocycles. The number of carbonyl (C=O) groups excluding carboxylic acids is 2. The topological polar surface area (TPSA) is 139 Å². The Balaban J connectivity index is 1.43. The van der Waals surface area contributed by atoms with Crippen LogP contribution in [0.2, 0.25) is 0 Å². The second kappa shape index (κ2) is 11.4. The first-order chi connectivity index (χ1) is 18.5. The maximum Gasteiger partial charge on any atom is 0.341 e. The van der Waals surface area contributed by atoms with Gasteiger partial charge in [-0.15, -0.1) is 0 Å². The number of hydrazone groups is 1. The van der Waals surface area contributed by atoms with Crippen LogP contribution in [0.25, 0.3) is 11.4 Å². The van der Waals surface area contributed by atoms with Gasteiger partial charge in [0.2, 0.25) is 11.9 Å². The van der Waals surface area contributed by atoms with Gasteiger partial charge in [0, 0.05) is 44.9 Å². The van der Waals surface area contributed by atoms with Crippen molar-refractivity contribution < 1.29 is 22.8 Å². The molecular formula is C24H27F3N10O2. The van der Waals surface area contributed by atoms with Gasteiger partial charge >= 0.3 is 6.03 Å². The molecule has 1 atom stereocenters. The normalized spacial score (nSPS) is 18.2. The zero-order valence-electron chi connectivity index (χ0n) is 21.4. The third-order valence-corrected chi connectivity index (χ3v) is 6.02. The van der Waals surface area contributed by atoms with E-state index in [2.05, 4.69) is 31.8 Å². The Labute approximate surface area is 222 Å². The van der Waals surface area contributed by atoms with Gasteiger partial charge < -0.3 is 15.5 Å². The van der Waals surface area contributed by atoms with Gasteiger partial charge in [0.05, 0.1) is 23.8 Å². The predicted octanol–water partition coefficient (Wildman–Crippen LogP) is 2.25. The van der Waals surface area contributed by atoms with Gasteiger partial charge in [0.15, 0.2) is 5.82 Å². The molecule has 2 aromatic rings. The molecule has 1 saturated heterocycles. The smallest absolute Gasteiger partial charge is 0.341 e. The number of primary amides is 1. The lowest BCUT2D eigenvalue weighted by atomic mass is 10.1. The molecular weight excluding hydrogens is 517 g/mol. The molecule has 0 radical (unpaired) electrons. The summed E-state index contributed by atoms with van der Waals surface area (Å²) < 4.78 is 41.5. The molecule has 2 aliphatic rings. The lowest BCUT2D eigenvalue weighted by molar-refractivity contribution is -0.118. The summed E-state index contributed by atoms with van der Waals surface area (Å²) in [6.45, 7) is 7.59. The minimum Gasteiger partial charge on any atom is -0.368 e. The van der Waals surface area contributed by atoms with Crippen LogP contribution in [0.15, 0.2) is 47.3 Å². The minimum absolute atomic E-state index is 0.0717. The average Bonchev–Trinajstić information content (AvgIpc) is 3.50. The van der Waals surface area contributed by atoms with E-state index >= 15 is 0 Å². The molecule has 2 N–H and O–H groups in total. The third kappa shape index (κ3) is 6.30. The number of halogens is 3. The Bertz CT molecular complexity index is 1370. The highest BCUT2D eigenvalue weighted by molar-refractivity contribution is 5.79. The van der Waals surface area contributed by atoms with Crippen LogP contribution in [-0.4, -0.2) is 85.2 Å². The summed E-state index contributed by atoms with van der Waals surface area (Å²) in [5.41, 5.74) is 5.92. The maximum absolute atomic E-state index is 14.6. The highest BCUT2D eigenvalue weighted by Crippen LogP contribution is 2.25. The number of hydrogen-bond acceptors (Lipinski definition) is 8. The van der Waals surface area contributed by atoms with Crippen molar-refractivity contribution in [1.29, 1.82) is 0 Å². The van der Waals surface area contributed by atoms with Crippen LogP contribution in [0.1, 0.15) is 19.0 Å². The number of allylic oxidation sites excluding steroid dienone is 3. The Morgan fingerprint density at radius 1 is 1.15 bits per heavy atom. The fraction of sp³-hybridized carbons (Fsp3) is 0.375. The lowest BCUT2D eigenvalue weighted by Gasteiger charge is -2.37. The predicted molar refractivity (Wildman–Crippen MR) is 136 cm³/mol. The lowest BCUT2D eigenvalue weighted by Crippen LogP contribution is -2.53. The molecule has 39 heavy (non-hydrogen) atoms. The van der Waals surface area contributed by atoms with E-state index in [0.29, 0.717) is 38.3 Å². The zero-order chi connectivity index (χ0) is 28.3. The number of piperazine rings is 1. The number of aryl methyl sites for hydroxylation is 1. The first-order valence-corrected chi connectivity index (χ1v) is 12.0. The quantitative estimate of drug-likeness (QED) is 0.528. The summed E-state index contributed by atoms with van der Waals surface area (Å²) in [4.78, 5) is 37.2. The molecule has 2 aromatic heterocycles. The summed E-state index contributed by atoms with van der Waals surface area (Å²) in [6, 6.07) is -0.980. The van der Waals surface area contributed by atoms with E-state index in [0.717, 1.165) is 30.1 Å². The van der Waals surface area contributed by atoms with Crippen LogP contribution in [0.3, 0.4) is 0 Å². The monoisotopic (exact) mass is 544 g/mol. The van der Waals surface area contributed by atoms with E-state index in [9.17, 15) is 22.8 Å². The molecule has 0 saturated carbocycles. The van der Waals surface area contributed by atoms with Crippen molar-refractivity contribution in [3.05, 3.63) is 53.7 Å². The van der Waals surface area contributed by atoms with Gasteiger partial charge in [-0.2, -0.15) is 20.1 Å². The highest BCUT2D eigenvalue weighted by Gasteiger charge is 2.33. The van der Waals surface area contributed by atoms with E-state index in [1.807, 2.05) is 0 Å². The maximum atomic E-state index is 14.6. The summed E-state index contributed by atoms with van der Waals surface area (Å²) >= 11 is 0. The molecule has 4 heterocycles. The van der Waals surface area contributed by atoms with Crippen molar-refractivity contribution >= 4 is 24.1 Å². The molecule has 15 heteroatoms. The number of carbonyl (C=O) groups is 2. The summed E-state index contributed by atoms with van der Waals surface area (Å²) in [7, 11) is 0. The zero-order valence-corrected chi connectivity index (χ0v) is 21.4. The standard InChI is InChI=1S/C24H27F3N10O2/c1-14(10-17(26)11-15(2)25)19-4-5-30-37(19)24(39)35-8-6-34(7-9-35)23-29-12-18(27)22(31-23)21-16(3)32-36(33-21)13-20(28)38/h5,10-12,19H,1,4,6-9,13H2,2-3H3,(H2,28,38)/b15-11+,17-10+/t19-/m0/s1. The van der Waals surface area contributed by atoms with Gasteiger partial charge in [0.25, 0.3) is 0 Å². The van der Waals surface area contributed by atoms with E-state index in [1.165, 1.54) is 5.01 Å². The van der Waals surface area contributed by atoms with E-state index in [-0.39, 0.29) is 35.5 Å². The Morgan fingerprint density at radius 3 is 2.54 bits per heavy atom. The van der Waals surface area contributed by atoms with Crippen LogP contribution in [-0.2, 0) is 11.3 Å². The first kappa shape index (κ1) is 27.5. The van der Waals surface area contributed by atoms with Gasteiger partial charge in [0.1, 0.15) is 23.8 Å². The molecule has 0 unspecified atom stereocenters. The van der Waals surface area contributed by atoms with Crippen molar-refractivity contribution in [1.82, 2.24) is 34.9 Å². The SMILES string of the molecule is C=C(/C=C(F)\C=C(/C)F)[C@@H]1CC=NN1C(=O)N1CCN(c2ncc(F)c(-c3nn(CC(N)=O)nc3C)n2)CC1. The second-order valence-corrected chi connectivity index (χ2v) is 8.98. The molecule has 0 bridgehead atoms. The van der Waals surface area contributed by atoms with Gasteiger partial charge in [-0.25, -0.2) is 32.9 Å². The van der Waals surface area contributed by atoms with Crippen LogP contribution in [0, 0.1) is 12.7 Å². The molecule has 1 fully saturated rings. The molecule has 2 aliphatic heterocycles. The van der Waals surface area contributed by atoms with Crippen LogP contribution in [0.4, 0.5) is 23.9 Å². The van der Waals surface area contributed by atoms with E-state index in [1.54, 1.807) is 22.9 Å². The minimum atomic E-state index is -0.808. The number of amides is 3. The third-order valence-electron chi connectivity index (χ3n) is 6.02. The first-order valence-electron chi connectivity index (χ1n) is 12.0. The van der Waals surface area contributed by atoms with Crippen molar-refractivity contribution in [3.63, 3.8) is 0 Å². The molecule has 12 nitrogen and oxygen atoms in total. The number of rotatable bonds is 7. The molecule has 0 aromatic carbocycles. The van der Waals surface area contributed by atoms with Crippen molar-refractivity contribution in [2.75, 3.05) is 31.1 Å². The van der Waals surface area contributed by atoms with Crippen LogP contribution in [0.5, 0.6) is 0 Å². The van der Waals surface area contributed by atoms with Gasteiger partial charge in [-0.1, -0.05) is 6.58 Å². The summed E-state index contributed by atoms with van der Waals surface area (Å²) in [5.74, 6) is -2.60. The Morgan fingerprint density at radius 2 is 1.87 bits per heavy atom. The van der Waals surface area contributed by atoms with Gasteiger partial charge in [-0.05, 0) is 25.5 Å². The van der Waals surface area contributed by atoms with E-state index in [4.69, 9.17) is 5.73 Å². The Hall–Kier alpha value is -4.56. The highest BCUT2D eigenvalue weighted by atomic mass is 19.1. The van der Waals surface area contributed by atoms with Crippen LogP contribution < -0.4 is 10.6 Å². The van der Waals surface area contributed by atoms with Crippen molar-refractivity contribution in [2.24, 2.45) is 10.8 Å². The Kier molecular flexibility index (Phi) is 8.07. The number of nitrogens with zero attached hydrogens (tertiary/aromatic N) is 9. The molecule has 3 amide bonds. The summed E-state index contributed by atoms with van der Waals surface area (Å²) in [6.07, 6.45) is 4.74. The number of nitrogens with two attached hydrogens (primary N) is 1. The molecule has 0 spiro atoms. The summed E-state index contributed by atoms with van der Waals surface area (Å²) in [5, 5.41) is 13.6. The largest absolute Gasteiger partial charge is 0.368 e. The molecule has 206 valence electrons. The van der Waals surface area contributed by atoms with Crippen molar-refractivity contribution in [3.8, 4) is 11.4 Å². The number of urea groups is 1. The number of aromatic nitrogens is 5. The number of hydrogen-bond donors (Lipinski definition) is 1. The van der Waals surface area contributed by atoms with E-state index < -0.39 is 29.4 Å². The van der Waals surface area contributed by atoms with Crippen molar-refractivity contribution in [2.45, 2.75) is 32.9 Å². The fourth-order valence-corrected chi connectivity index (χ4v) is 4.19.